The second kappa shape index (κ2) is 6.33. The fourth-order valence-corrected chi connectivity index (χ4v) is 3.74. The topological polar surface area (TPSA) is 103 Å². The Hall–Kier alpha value is -3.37. The quantitative estimate of drug-likeness (QED) is 0.811. The Balaban J connectivity index is 1.44. The number of halogens is 2. The molecule has 2 bridgehead atoms. The van der Waals surface area contributed by atoms with Crippen LogP contribution in [-0.4, -0.2) is 58.2 Å². The predicted molar refractivity (Wildman–Crippen MR) is 99.2 cm³/mol. The van der Waals surface area contributed by atoms with Crippen LogP contribution in [0.25, 0.3) is 0 Å². The van der Waals surface area contributed by atoms with E-state index >= 15 is 0 Å². The summed E-state index contributed by atoms with van der Waals surface area (Å²) in [6, 6.07) is 4.75. The zero-order valence-electron chi connectivity index (χ0n) is 15.2. The molecule has 29 heavy (non-hydrogen) atoms. The molecular weight excluding hydrogens is 384 g/mol. The van der Waals surface area contributed by atoms with E-state index in [9.17, 15) is 18.4 Å². The average molecular weight is 401 g/mol. The van der Waals surface area contributed by atoms with Gasteiger partial charge in [0.1, 0.15) is 5.69 Å². The molecule has 150 valence electrons. The standard InChI is InChI=1S/C18H17F2N7O2/c19-18(20)8-13(18)23-16(28)11-3-4-12-15(22-11)27(10-5-7-26(12)9-10)17(29)24-14-2-1-6-21-25-14/h1-4,6,10,13H,5,7-9H2,(H,23,28)(H,24,25,29)/t10-,13+/m0/s1. The van der Waals surface area contributed by atoms with Crippen molar-refractivity contribution in [3.63, 3.8) is 0 Å². The number of amides is 3. The second-order valence-corrected chi connectivity index (χ2v) is 7.33. The van der Waals surface area contributed by atoms with Gasteiger partial charge in [0.25, 0.3) is 11.8 Å². The van der Waals surface area contributed by atoms with Crippen molar-refractivity contribution in [3.8, 4) is 0 Å². The van der Waals surface area contributed by atoms with Crippen molar-refractivity contribution in [2.45, 2.75) is 30.8 Å². The van der Waals surface area contributed by atoms with E-state index in [1.54, 1.807) is 18.2 Å². The Morgan fingerprint density at radius 2 is 2.07 bits per heavy atom. The molecule has 2 N–H and O–H groups in total. The lowest BCUT2D eigenvalue weighted by Gasteiger charge is -2.35. The largest absolute Gasteiger partial charge is 0.366 e. The van der Waals surface area contributed by atoms with Crippen LogP contribution in [-0.2, 0) is 0 Å². The van der Waals surface area contributed by atoms with Crippen LogP contribution < -0.4 is 20.4 Å². The number of pyridine rings is 1. The van der Waals surface area contributed by atoms with Crippen LogP contribution in [0.4, 0.5) is 30.9 Å². The molecule has 0 aromatic carbocycles. The normalized spacial score (nSPS) is 23.4. The second-order valence-electron chi connectivity index (χ2n) is 7.33. The van der Waals surface area contributed by atoms with Crippen molar-refractivity contribution >= 4 is 29.3 Å². The summed E-state index contributed by atoms with van der Waals surface area (Å²) >= 11 is 0. The number of aromatic nitrogens is 3. The van der Waals surface area contributed by atoms with Crippen LogP contribution in [0.1, 0.15) is 23.3 Å². The van der Waals surface area contributed by atoms with E-state index in [0.29, 0.717) is 18.2 Å². The highest BCUT2D eigenvalue weighted by Crippen LogP contribution is 2.42. The average Bonchev–Trinajstić information content (AvgIpc) is 3.09. The molecule has 2 aromatic rings. The Kier molecular flexibility index (Phi) is 3.86. The minimum atomic E-state index is -2.86. The Morgan fingerprint density at radius 1 is 1.24 bits per heavy atom. The van der Waals surface area contributed by atoms with Crippen LogP contribution >= 0.6 is 0 Å². The maximum Gasteiger partial charge on any atom is 0.329 e. The fraction of sp³-hybridized carbons (Fsp3) is 0.389. The highest BCUT2D eigenvalue weighted by molar-refractivity contribution is 6.05. The Bertz CT molecular complexity index is 987. The highest BCUT2D eigenvalue weighted by Gasteiger charge is 2.58. The van der Waals surface area contributed by atoms with Gasteiger partial charge in [-0.15, -0.1) is 5.10 Å². The van der Waals surface area contributed by atoms with Crippen LogP contribution in [0, 0.1) is 0 Å². The van der Waals surface area contributed by atoms with Crippen molar-refractivity contribution in [1.29, 1.82) is 0 Å². The lowest BCUT2D eigenvalue weighted by atomic mass is 10.1. The maximum atomic E-state index is 13.1. The first kappa shape index (κ1) is 17.7. The van der Waals surface area contributed by atoms with Crippen molar-refractivity contribution in [1.82, 2.24) is 20.5 Å². The maximum absolute atomic E-state index is 13.1. The molecule has 2 aliphatic heterocycles. The number of urea groups is 1. The number of hydrogen-bond acceptors (Lipinski definition) is 6. The van der Waals surface area contributed by atoms with Crippen molar-refractivity contribution in [2.24, 2.45) is 0 Å². The van der Waals surface area contributed by atoms with E-state index in [1.165, 1.54) is 17.2 Å². The first-order valence-electron chi connectivity index (χ1n) is 9.25. The molecule has 2 fully saturated rings. The number of hydrogen-bond donors (Lipinski definition) is 2. The van der Waals surface area contributed by atoms with E-state index < -0.39 is 23.9 Å². The third-order valence-corrected chi connectivity index (χ3v) is 5.34. The van der Waals surface area contributed by atoms with Gasteiger partial charge in [0.15, 0.2) is 11.6 Å². The fourth-order valence-electron chi connectivity index (χ4n) is 3.74. The number of carbonyl (C=O) groups is 2. The van der Waals surface area contributed by atoms with E-state index in [-0.39, 0.29) is 18.2 Å². The van der Waals surface area contributed by atoms with Crippen LogP contribution in [0.3, 0.4) is 0 Å². The lowest BCUT2D eigenvalue weighted by molar-refractivity contribution is 0.0845. The predicted octanol–water partition coefficient (Wildman–Crippen LogP) is 1.64. The molecule has 2 atom stereocenters. The Morgan fingerprint density at radius 3 is 2.79 bits per heavy atom. The van der Waals surface area contributed by atoms with Crippen LogP contribution in [0.2, 0.25) is 0 Å². The third kappa shape index (κ3) is 3.12. The minimum absolute atomic E-state index is 0.00810. The highest BCUT2D eigenvalue weighted by atomic mass is 19.3. The summed E-state index contributed by atoms with van der Waals surface area (Å²) in [4.78, 5) is 33.3. The van der Waals surface area contributed by atoms with Crippen LogP contribution in [0.5, 0.6) is 0 Å². The van der Waals surface area contributed by atoms with Gasteiger partial charge in [-0.05, 0) is 30.7 Å². The van der Waals surface area contributed by atoms with Gasteiger partial charge in [-0.1, -0.05) is 0 Å². The summed E-state index contributed by atoms with van der Waals surface area (Å²) in [5.41, 5.74) is 0.715. The van der Waals surface area contributed by atoms with Gasteiger partial charge in [0, 0.05) is 25.7 Å². The summed E-state index contributed by atoms with van der Waals surface area (Å²) in [5.74, 6) is -2.92. The number of alkyl halides is 2. The summed E-state index contributed by atoms with van der Waals surface area (Å²) in [7, 11) is 0. The Labute approximate surface area is 164 Å². The summed E-state index contributed by atoms with van der Waals surface area (Å²) < 4.78 is 26.2. The first-order valence-corrected chi connectivity index (χ1v) is 9.25. The molecule has 3 amide bonds. The first-order chi connectivity index (χ1) is 13.9. The molecule has 2 aromatic heterocycles. The molecule has 11 heteroatoms. The minimum Gasteiger partial charge on any atom is -0.366 e. The van der Waals surface area contributed by atoms with Crippen molar-refractivity contribution in [2.75, 3.05) is 28.2 Å². The molecule has 5 rings (SSSR count). The molecule has 4 heterocycles. The van der Waals surface area contributed by atoms with Gasteiger partial charge in [-0.2, -0.15) is 5.10 Å². The monoisotopic (exact) mass is 401 g/mol. The van der Waals surface area contributed by atoms with Crippen molar-refractivity contribution in [3.05, 3.63) is 36.2 Å². The van der Waals surface area contributed by atoms with E-state index in [0.717, 1.165) is 18.7 Å². The summed E-state index contributed by atoms with van der Waals surface area (Å²) in [6.07, 6.45) is 1.88. The number of rotatable bonds is 3. The van der Waals surface area contributed by atoms with Crippen molar-refractivity contribution < 1.29 is 18.4 Å². The number of carbonyl (C=O) groups excluding carboxylic acids is 2. The summed E-state index contributed by atoms with van der Waals surface area (Å²) in [6.45, 7) is 1.41. The molecule has 1 saturated heterocycles. The zero-order chi connectivity index (χ0) is 20.2. The number of nitrogens with zero attached hydrogens (tertiary/aromatic N) is 5. The lowest BCUT2D eigenvalue weighted by Crippen LogP contribution is -2.48. The van der Waals surface area contributed by atoms with Gasteiger partial charge in [0.2, 0.25) is 0 Å². The van der Waals surface area contributed by atoms with Gasteiger partial charge >= 0.3 is 6.03 Å². The molecule has 0 spiro atoms. The third-order valence-electron chi connectivity index (χ3n) is 5.34. The SMILES string of the molecule is O=C(N[C@@H]1CC1(F)F)c1ccc2c(n1)N(C(=O)Nc1cccnn1)[C@H]1CCN2C1. The molecule has 1 saturated carbocycles. The number of nitrogens with one attached hydrogen (secondary N) is 2. The van der Waals surface area contributed by atoms with E-state index in [4.69, 9.17) is 0 Å². The van der Waals surface area contributed by atoms with Crippen LogP contribution in [0.15, 0.2) is 30.5 Å². The van der Waals surface area contributed by atoms with E-state index in [2.05, 4.69) is 30.7 Å². The molecule has 0 unspecified atom stereocenters. The van der Waals surface area contributed by atoms with Gasteiger partial charge < -0.3 is 10.2 Å². The van der Waals surface area contributed by atoms with E-state index in [1.807, 2.05) is 0 Å². The summed E-state index contributed by atoms with van der Waals surface area (Å²) in [5, 5.41) is 12.6. The zero-order valence-corrected chi connectivity index (χ0v) is 15.2. The van der Waals surface area contributed by atoms with Gasteiger partial charge in [-0.25, -0.2) is 18.6 Å². The molecule has 3 aliphatic rings. The smallest absolute Gasteiger partial charge is 0.329 e. The molecule has 0 radical (unpaired) electrons. The van der Waals surface area contributed by atoms with Gasteiger partial charge in [0.05, 0.1) is 17.8 Å². The van der Waals surface area contributed by atoms with Gasteiger partial charge in [-0.3, -0.25) is 15.0 Å². The molecule has 9 nitrogen and oxygen atoms in total. The number of anilines is 3. The molecule has 1 aliphatic carbocycles. The number of fused-ring (bicyclic) bond motifs is 4. The molecular formula is C18H17F2N7O2.